The molecule has 0 saturated heterocycles. The van der Waals surface area contributed by atoms with Gasteiger partial charge in [-0.25, -0.2) is 19.2 Å². The fourth-order valence-corrected chi connectivity index (χ4v) is 10.6. The number of carbonyl (C=O) groups is 4. The van der Waals surface area contributed by atoms with E-state index in [2.05, 4.69) is 94.1 Å². The predicted molar refractivity (Wildman–Crippen MR) is 365 cm³/mol. The van der Waals surface area contributed by atoms with Gasteiger partial charge in [0.15, 0.2) is 0 Å². The van der Waals surface area contributed by atoms with Gasteiger partial charge in [-0.2, -0.15) is 0 Å². The number of nitrogens with zero attached hydrogens (tertiary/aromatic N) is 4. The second-order valence-corrected chi connectivity index (χ2v) is 22.3. The number of urea groups is 2. The van der Waals surface area contributed by atoms with Crippen LogP contribution < -0.4 is 40.9 Å². The van der Waals surface area contributed by atoms with Crippen LogP contribution in [0, 0.1) is 13.8 Å². The zero-order valence-corrected chi connectivity index (χ0v) is 50.6. The lowest BCUT2D eigenvalue weighted by molar-refractivity contribution is 0.199. The topological polar surface area (TPSA) is 170 Å². The molecule has 14 nitrogen and oxygen atoms in total. The minimum Gasteiger partial charge on any atom is -0.465 e. The van der Waals surface area contributed by atoms with Crippen molar-refractivity contribution in [2.45, 2.75) is 65.7 Å². The van der Waals surface area contributed by atoms with Gasteiger partial charge in [0.25, 0.3) is 0 Å². The molecule has 10 aromatic rings. The van der Waals surface area contributed by atoms with Crippen LogP contribution in [0.4, 0.5) is 64.7 Å². The van der Waals surface area contributed by atoms with Gasteiger partial charge in [-0.05, 0) is 168 Å². The molecular weight excluding hydrogens is 1120 g/mol. The number of benzene rings is 10. The molecular formula is C76H74N8O6. The number of rotatable bonds is 25. The van der Waals surface area contributed by atoms with E-state index in [0.717, 1.165) is 69.0 Å². The Morgan fingerprint density at radius 3 is 0.956 bits per heavy atom. The summed E-state index contributed by atoms with van der Waals surface area (Å²) >= 11 is 0. The summed E-state index contributed by atoms with van der Waals surface area (Å²) in [6.45, 7) is 5.84. The van der Waals surface area contributed by atoms with Crippen molar-refractivity contribution in [3.05, 3.63) is 310 Å². The standard InChI is InChI=1S/C76H74N8O6/c1-55-25-39-69(49-71(55)79-73(85)83(53-63-21-11-5-12-22-63)67-41-31-59(32-42-67)47-57-27-35-65(36-28-57)77-51-61-17-7-3-8-18-61)81(75(87)88)45-15-16-46-82(76(89)90)70-40-26-56(2)72(50-70)80-74(86)84(54-64-23-13-6-14-24-64)68-43-33-60(34-44-68)48-58-29-37-66(38-30-58)78-52-62-19-9-4-10-20-62/h3-14,17-44,49-50,77-78H,15-16,45-48,51-54H2,1-2H3,(H,79,85)(H,80,86)(H,87,88)(H,89,90). The highest BCUT2D eigenvalue weighted by atomic mass is 16.4. The summed E-state index contributed by atoms with van der Waals surface area (Å²) in [7, 11) is 0. The van der Waals surface area contributed by atoms with Crippen molar-refractivity contribution < 1.29 is 29.4 Å². The van der Waals surface area contributed by atoms with Crippen molar-refractivity contribution in [1.82, 2.24) is 0 Å². The Hall–Kier alpha value is -11.1. The number of hydrogen-bond donors (Lipinski definition) is 6. The van der Waals surface area contributed by atoms with Crippen molar-refractivity contribution in [3.63, 3.8) is 0 Å². The monoisotopic (exact) mass is 1190 g/mol. The predicted octanol–water partition coefficient (Wildman–Crippen LogP) is 17.6. The molecule has 0 fully saturated rings. The van der Waals surface area contributed by atoms with Crippen molar-refractivity contribution >= 4 is 69.7 Å². The van der Waals surface area contributed by atoms with E-state index < -0.39 is 24.2 Å². The molecule has 0 heterocycles. The third-order valence-electron chi connectivity index (χ3n) is 15.8. The largest absolute Gasteiger partial charge is 0.465 e. The molecule has 0 aliphatic rings. The summed E-state index contributed by atoms with van der Waals surface area (Å²) < 4.78 is 0. The van der Waals surface area contributed by atoms with Crippen LogP contribution in [0.5, 0.6) is 0 Å². The molecule has 0 radical (unpaired) electrons. The molecule has 0 atom stereocenters. The van der Waals surface area contributed by atoms with E-state index in [9.17, 15) is 29.4 Å². The van der Waals surface area contributed by atoms with Gasteiger partial charge >= 0.3 is 24.2 Å². The summed E-state index contributed by atoms with van der Waals surface area (Å²) in [6.07, 6.45) is -0.349. The first-order chi connectivity index (χ1) is 43.9. The summed E-state index contributed by atoms with van der Waals surface area (Å²) in [5.41, 5.74) is 15.3. The van der Waals surface area contributed by atoms with Gasteiger partial charge in [-0.15, -0.1) is 0 Å². The maximum absolute atomic E-state index is 14.4. The maximum atomic E-state index is 14.4. The Morgan fingerprint density at radius 2 is 0.633 bits per heavy atom. The van der Waals surface area contributed by atoms with Crippen molar-refractivity contribution in [2.75, 3.05) is 54.0 Å². The van der Waals surface area contributed by atoms with Gasteiger partial charge in [-0.1, -0.05) is 182 Å². The van der Waals surface area contributed by atoms with Crippen LogP contribution in [0.2, 0.25) is 0 Å². The minimum atomic E-state index is -1.20. The summed E-state index contributed by atoms with van der Waals surface area (Å²) in [4.78, 5) is 60.5. The fourth-order valence-electron chi connectivity index (χ4n) is 10.6. The molecule has 90 heavy (non-hydrogen) atoms. The molecule has 0 aliphatic carbocycles. The average Bonchev–Trinajstić information content (AvgIpc) is 2.97. The number of hydrogen-bond acceptors (Lipinski definition) is 6. The smallest absolute Gasteiger partial charge is 0.411 e. The second kappa shape index (κ2) is 30.5. The highest BCUT2D eigenvalue weighted by Gasteiger charge is 2.23. The van der Waals surface area contributed by atoms with E-state index in [0.29, 0.717) is 59.8 Å². The Balaban J connectivity index is 0.760. The number of anilines is 8. The lowest BCUT2D eigenvalue weighted by Gasteiger charge is -2.26. The molecule has 14 heteroatoms. The minimum absolute atomic E-state index is 0.0504. The first-order valence-corrected chi connectivity index (χ1v) is 30.3. The summed E-state index contributed by atoms with van der Waals surface area (Å²) in [5.74, 6) is 0. The fraction of sp³-hybridized carbons (Fsp3) is 0.158. The highest BCUT2D eigenvalue weighted by Crippen LogP contribution is 2.30. The van der Waals surface area contributed by atoms with E-state index in [1.54, 1.807) is 46.2 Å². The number of carbonyl (C=O) groups excluding carboxylic acids is 2. The highest BCUT2D eigenvalue weighted by molar-refractivity contribution is 6.04. The number of nitrogens with one attached hydrogen (secondary N) is 4. The number of aryl methyl sites for hydroxylation is 2. The molecule has 6 amide bonds. The van der Waals surface area contributed by atoms with Gasteiger partial charge in [0.2, 0.25) is 0 Å². The first kappa shape index (κ1) is 61.9. The van der Waals surface area contributed by atoms with Crippen LogP contribution in [0.25, 0.3) is 0 Å². The van der Waals surface area contributed by atoms with E-state index in [1.165, 1.54) is 20.9 Å². The second-order valence-electron chi connectivity index (χ2n) is 22.3. The van der Waals surface area contributed by atoms with Gasteiger partial charge in [0.05, 0.1) is 13.1 Å². The quantitative estimate of drug-likeness (QED) is 0.0307. The van der Waals surface area contributed by atoms with Crippen LogP contribution >= 0.6 is 0 Å². The Labute approximate surface area is 526 Å². The van der Waals surface area contributed by atoms with E-state index in [-0.39, 0.29) is 26.2 Å². The summed E-state index contributed by atoms with van der Waals surface area (Å²) in [6, 6.07) is 82.2. The van der Waals surface area contributed by atoms with Gasteiger partial charge in [-0.3, -0.25) is 19.6 Å². The Kier molecular flexibility index (Phi) is 21.0. The van der Waals surface area contributed by atoms with Crippen molar-refractivity contribution in [1.29, 1.82) is 0 Å². The third-order valence-corrected chi connectivity index (χ3v) is 15.8. The van der Waals surface area contributed by atoms with E-state index >= 15 is 0 Å². The van der Waals surface area contributed by atoms with Crippen LogP contribution in [0.15, 0.2) is 255 Å². The van der Waals surface area contributed by atoms with Gasteiger partial charge in [0, 0.05) is 71.7 Å². The lowest BCUT2D eigenvalue weighted by Crippen LogP contribution is -2.35. The zero-order valence-electron chi connectivity index (χ0n) is 50.6. The van der Waals surface area contributed by atoms with Gasteiger partial charge < -0.3 is 31.5 Å². The first-order valence-electron chi connectivity index (χ1n) is 30.3. The molecule has 0 saturated carbocycles. The average molecular weight is 1200 g/mol. The summed E-state index contributed by atoms with van der Waals surface area (Å²) in [5, 5.41) is 34.2. The maximum Gasteiger partial charge on any atom is 0.411 e. The van der Waals surface area contributed by atoms with Gasteiger partial charge in [0.1, 0.15) is 0 Å². The number of amides is 6. The Bertz CT molecular complexity index is 3710. The molecule has 0 spiro atoms. The van der Waals surface area contributed by atoms with Crippen LogP contribution in [-0.4, -0.2) is 47.6 Å². The third kappa shape index (κ3) is 17.3. The number of carboxylic acid groups (broad SMARTS) is 2. The lowest BCUT2D eigenvalue weighted by atomic mass is 10.0. The molecule has 0 aromatic heterocycles. The molecule has 10 rings (SSSR count). The van der Waals surface area contributed by atoms with Crippen LogP contribution in [0.1, 0.15) is 68.5 Å². The Morgan fingerprint density at radius 1 is 0.333 bits per heavy atom. The van der Waals surface area contributed by atoms with E-state index in [1.807, 2.05) is 159 Å². The van der Waals surface area contributed by atoms with Crippen molar-refractivity contribution in [3.8, 4) is 0 Å². The SMILES string of the molecule is Cc1ccc(N(CCCCN(C(=O)O)c2ccc(C)c(NC(=O)N(Cc3ccccc3)c3ccc(Cc4ccc(NCc5ccccc5)cc4)cc3)c2)C(=O)O)cc1NC(=O)N(Cc1ccccc1)c1ccc(Cc2ccc(NCc3ccccc3)cc2)cc1. The van der Waals surface area contributed by atoms with Crippen molar-refractivity contribution in [2.24, 2.45) is 0 Å². The molecule has 454 valence electrons. The molecule has 0 bridgehead atoms. The van der Waals surface area contributed by atoms with Crippen LogP contribution in [0.3, 0.4) is 0 Å². The molecule has 0 unspecified atom stereocenters. The van der Waals surface area contributed by atoms with E-state index in [4.69, 9.17) is 0 Å². The normalized spacial score (nSPS) is 10.8. The molecule has 10 aromatic carbocycles. The number of unbranched alkanes of at least 4 members (excludes halogenated alkanes) is 1. The molecule has 0 aliphatic heterocycles. The zero-order chi connectivity index (χ0) is 62.6. The molecule has 6 N–H and O–H groups in total. The van der Waals surface area contributed by atoms with Crippen LogP contribution in [-0.2, 0) is 39.0 Å².